The monoisotopic (exact) mass is 374 g/mol. The van der Waals surface area contributed by atoms with Crippen LogP contribution in [0, 0.1) is 5.92 Å². The number of amides is 1. The van der Waals surface area contributed by atoms with Gasteiger partial charge in [0.05, 0.1) is 12.5 Å². The first-order valence-corrected chi connectivity index (χ1v) is 8.48. The van der Waals surface area contributed by atoms with E-state index in [9.17, 15) is 9.59 Å². The molecule has 2 aromatic rings. The van der Waals surface area contributed by atoms with E-state index in [4.69, 9.17) is 5.11 Å². The molecule has 1 amide bonds. The fourth-order valence-electron chi connectivity index (χ4n) is 3.18. The minimum atomic E-state index is -0.781. The van der Waals surface area contributed by atoms with Crippen molar-refractivity contribution in [3.8, 4) is 0 Å². The molecule has 1 atom stereocenters. The topological polar surface area (TPSA) is 69.6 Å². The number of carbonyl (C=O) groups excluding carboxylic acids is 1. The van der Waals surface area contributed by atoms with Crippen molar-refractivity contribution in [3.63, 3.8) is 0 Å². The minimum absolute atomic E-state index is 0. The van der Waals surface area contributed by atoms with Crippen LogP contribution in [0.25, 0.3) is 0 Å². The van der Waals surface area contributed by atoms with Gasteiger partial charge in [-0.3, -0.25) is 14.5 Å². The lowest BCUT2D eigenvalue weighted by atomic mass is 10.0. The van der Waals surface area contributed by atoms with E-state index in [1.165, 1.54) is 5.56 Å². The second-order valence-corrected chi connectivity index (χ2v) is 6.43. The highest BCUT2D eigenvalue weighted by atomic mass is 35.5. The highest BCUT2D eigenvalue weighted by Crippen LogP contribution is 2.20. The zero-order valence-corrected chi connectivity index (χ0v) is 15.2. The first-order valence-electron chi connectivity index (χ1n) is 8.48. The van der Waals surface area contributed by atoms with Crippen molar-refractivity contribution in [3.05, 3.63) is 65.7 Å². The van der Waals surface area contributed by atoms with Crippen molar-refractivity contribution in [1.29, 1.82) is 0 Å². The maximum absolute atomic E-state index is 12.3. The number of nitrogens with zero attached hydrogens (tertiary/aromatic N) is 1. The number of benzene rings is 2. The fourth-order valence-corrected chi connectivity index (χ4v) is 3.18. The summed E-state index contributed by atoms with van der Waals surface area (Å²) >= 11 is 0. The Morgan fingerprint density at radius 2 is 1.77 bits per heavy atom. The van der Waals surface area contributed by atoms with E-state index in [-0.39, 0.29) is 30.8 Å². The molecule has 3 rings (SSSR count). The lowest BCUT2D eigenvalue weighted by molar-refractivity contribution is -0.141. The third kappa shape index (κ3) is 5.31. The number of carboxylic acid groups (broad SMARTS) is 1. The van der Waals surface area contributed by atoms with Crippen molar-refractivity contribution >= 4 is 30.0 Å². The predicted molar refractivity (Wildman–Crippen MR) is 104 cm³/mol. The molecule has 0 spiro atoms. The molecule has 26 heavy (non-hydrogen) atoms. The number of anilines is 1. The molecule has 0 aromatic heterocycles. The third-order valence-electron chi connectivity index (χ3n) is 4.52. The van der Waals surface area contributed by atoms with E-state index < -0.39 is 5.97 Å². The number of carbonyl (C=O) groups is 2. The molecule has 2 aromatic carbocycles. The number of hydrogen-bond donors (Lipinski definition) is 2. The molecule has 1 aliphatic heterocycles. The summed E-state index contributed by atoms with van der Waals surface area (Å²) < 4.78 is 0. The number of carboxylic acids is 1. The molecule has 1 heterocycles. The normalized spacial score (nSPS) is 16.7. The standard InChI is InChI=1S/C20H22N2O3.ClH/c23-19(14-22-11-10-17(13-22)20(24)25)21-18-9-5-4-8-16(18)12-15-6-2-1-3-7-15;/h1-9,17H,10-14H2,(H,21,23)(H,24,25);1H. The van der Waals surface area contributed by atoms with Gasteiger partial charge in [0.15, 0.2) is 0 Å². The Balaban J connectivity index is 0.00000243. The van der Waals surface area contributed by atoms with Crippen molar-refractivity contribution in [1.82, 2.24) is 4.90 Å². The Labute approximate surface area is 159 Å². The van der Waals surface area contributed by atoms with E-state index in [1.807, 2.05) is 47.4 Å². The van der Waals surface area contributed by atoms with Gasteiger partial charge in [0.25, 0.3) is 0 Å². The zero-order valence-electron chi connectivity index (χ0n) is 14.4. The third-order valence-corrected chi connectivity index (χ3v) is 4.52. The number of rotatable bonds is 6. The predicted octanol–water partition coefficient (Wildman–Crippen LogP) is 3.04. The summed E-state index contributed by atoms with van der Waals surface area (Å²) in [5.41, 5.74) is 3.06. The fraction of sp³-hybridized carbons (Fsp3) is 0.300. The van der Waals surface area contributed by atoms with E-state index in [0.717, 1.165) is 17.7 Å². The van der Waals surface area contributed by atoms with Gasteiger partial charge in [-0.2, -0.15) is 0 Å². The molecule has 1 saturated heterocycles. The van der Waals surface area contributed by atoms with Crippen LogP contribution in [0.4, 0.5) is 5.69 Å². The van der Waals surface area contributed by atoms with Gasteiger partial charge < -0.3 is 10.4 Å². The number of aliphatic carboxylic acids is 1. The van der Waals surface area contributed by atoms with E-state index in [1.54, 1.807) is 0 Å². The Morgan fingerprint density at radius 1 is 1.08 bits per heavy atom. The molecule has 1 fully saturated rings. The average Bonchev–Trinajstić information content (AvgIpc) is 3.06. The summed E-state index contributed by atoms with van der Waals surface area (Å²) in [6.45, 7) is 1.31. The van der Waals surface area contributed by atoms with Crippen molar-refractivity contribution in [2.45, 2.75) is 12.8 Å². The van der Waals surface area contributed by atoms with Crippen LogP contribution in [0.2, 0.25) is 0 Å². The van der Waals surface area contributed by atoms with Crippen LogP contribution < -0.4 is 5.32 Å². The number of nitrogens with one attached hydrogen (secondary N) is 1. The molecule has 0 bridgehead atoms. The zero-order chi connectivity index (χ0) is 17.6. The summed E-state index contributed by atoms with van der Waals surface area (Å²) in [6.07, 6.45) is 1.36. The summed E-state index contributed by atoms with van der Waals surface area (Å²) in [4.78, 5) is 25.3. The Morgan fingerprint density at radius 3 is 2.46 bits per heavy atom. The molecular formula is C20H23ClN2O3. The summed E-state index contributed by atoms with van der Waals surface area (Å²) in [5.74, 6) is -1.25. The van der Waals surface area contributed by atoms with Gasteiger partial charge in [0.1, 0.15) is 0 Å². The van der Waals surface area contributed by atoms with E-state index in [0.29, 0.717) is 19.5 Å². The molecule has 138 valence electrons. The highest BCUT2D eigenvalue weighted by molar-refractivity contribution is 5.93. The van der Waals surface area contributed by atoms with Crippen LogP contribution >= 0.6 is 12.4 Å². The quantitative estimate of drug-likeness (QED) is 0.815. The van der Waals surface area contributed by atoms with Crippen LogP contribution in [0.3, 0.4) is 0 Å². The first-order chi connectivity index (χ1) is 12.1. The van der Waals surface area contributed by atoms with Gasteiger partial charge in [0, 0.05) is 12.2 Å². The van der Waals surface area contributed by atoms with E-state index in [2.05, 4.69) is 17.4 Å². The highest BCUT2D eigenvalue weighted by Gasteiger charge is 2.28. The molecule has 0 saturated carbocycles. The first kappa shape index (κ1) is 19.9. The Kier molecular flexibility index (Phi) is 7.18. The molecule has 0 aliphatic carbocycles. The van der Waals surface area contributed by atoms with Gasteiger partial charge in [-0.1, -0.05) is 48.5 Å². The molecule has 5 nitrogen and oxygen atoms in total. The summed E-state index contributed by atoms with van der Waals surface area (Å²) in [7, 11) is 0. The van der Waals surface area contributed by atoms with Gasteiger partial charge in [0.2, 0.25) is 5.91 Å². The summed E-state index contributed by atoms with van der Waals surface area (Å²) in [5, 5.41) is 12.0. The maximum atomic E-state index is 12.3. The van der Waals surface area contributed by atoms with Gasteiger partial charge in [-0.25, -0.2) is 0 Å². The largest absolute Gasteiger partial charge is 0.481 e. The van der Waals surface area contributed by atoms with Crippen molar-refractivity contribution < 1.29 is 14.7 Å². The molecule has 2 N–H and O–H groups in total. The van der Waals surface area contributed by atoms with Gasteiger partial charge >= 0.3 is 5.97 Å². The van der Waals surface area contributed by atoms with Crippen molar-refractivity contribution in [2.24, 2.45) is 5.92 Å². The number of para-hydroxylation sites is 1. The van der Waals surface area contributed by atoms with Crippen LogP contribution in [0.1, 0.15) is 17.5 Å². The second-order valence-electron chi connectivity index (χ2n) is 6.43. The van der Waals surface area contributed by atoms with E-state index >= 15 is 0 Å². The molecule has 6 heteroatoms. The lowest BCUT2D eigenvalue weighted by Gasteiger charge is -2.16. The molecule has 1 aliphatic rings. The van der Waals surface area contributed by atoms with Gasteiger partial charge in [-0.05, 0) is 36.6 Å². The number of hydrogen-bond acceptors (Lipinski definition) is 3. The number of likely N-dealkylation sites (tertiary alicyclic amines) is 1. The SMILES string of the molecule is Cl.O=C(CN1CCC(C(=O)O)C1)Nc1ccccc1Cc1ccccc1. The molecular weight excluding hydrogens is 352 g/mol. The lowest BCUT2D eigenvalue weighted by Crippen LogP contribution is -2.32. The average molecular weight is 375 g/mol. The number of halogens is 1. The van der Waals surface area contributed by atoms with Crippen LogP contribution in [0.15, 0.2) is 54.6 Å². The van der Waals surface area contributed by atoms with Crippen LogP contribution in [0.5, 0.6) is 0 Å². The Bertz CT molecular complexity index is 752. The molecule has 1 unspecified atom stereocenters. The second kappa shape index (κ2) is 9.36. The van der Waals surface area contributed by atoms with Gasteiger partial charge in [-0.15, -0.1) is 12.4 Å². The van der Waals surface area contributed by atoms with Crippen LogP contribution in [-0.4, -0.2) is 41.5 Å². The maximum Gasteiger partial charge on any atom is 0.307 e. The Hall–Kier alpha value is -2.37. The minimum Gasteiger partial charge on any atom is -0.481 e. The summed E-state index contributed by atoms with van der Waals surface area (Å²) in [6, 6.07) is 17.9. The van der Waals surface area contributed by atoms with Crippen molar-refractivity contribution in [2.75, 3.05) is 25.0 Å². The molecule has 0 radical (unpaired) electrons. The smallest absolute Gasteiger partial charge is 0.307 e. The van der Waals surface area contributed by atoms with Crippen LogP contribution in [-0.2, 0) is 16.0 Å².